The maximum Gasteiger partial charge on any atom is 0.278 e. The topological polar surface area (TPSA) is 58.6 Å². The van der Waals surface area contributed by atoms with Gasteiger partial charge in [0, 0.05) is 11.6 Å². The molecule has 27 heavy (non-hydrogen) atoms. The Labute approximate surface area is 161 Å². The normalized spacial score (nSPS) is 14.1. The summed E-state index contributed by atoms with van der Waals surface area (Å²) in [6, 6.07) is 10.4. The number of anilines is 1. The number of hydrogen-bond donors (Lipinski definition) is 1. The van der Waals surface area contributed by atoms with E-state index in [9.17, 15) is 14.0 Å². The molecule has 0 spiro atoms. The van der Waals surface area contributed by atoms with Crippen LogP contribution in [0.25, 0.3) is 5.57 Å². The lowest BCUT2D eigenvalue weighted by molar-refractivity contribution is -0.136. The first-order valence-corrected chi connectivity index (χ1v) is 8.81. The average molecular weight is 389 g/mol. The summed E-state index contributed by atoms with van der Waals surface area (Å²) in [5.74, 6) is -0.813. The molecule has 0 aromatic heterocycles. The van der Waals surface area contributed by atoms with E-state index in [0.29, 0.717) is 35.0 Å². The van der Waals surface area contributed by atoms with Crippen LogP contribution in [0.1, 0.15) is 18.9 Å². The minimum absolute atomic E-state index is 0.112. The van der Waals surface area contributed by atoms with E-state index >= 15 is 0 Å². The van der Waals surface area contributed by atoms with Crippen molar-refractivity contribution in [2.45, 2.75) is 13.3 Å². The van der Waals surface area contributed by atoms with Gasteiger partial charge in [0.2, 0.25) is 0 Å². The Morgan fingerprint density at radius 2 is 1.81 bits per heavy atom. The predicted octanol–water partition coefficient (Wildman–Crippen LogP) is 4.09. The number of amides is 2. The minimum Gasteiger partial charge on any atom is -0.495 e. The highest BCUT2D eigenvalue weighted by Gasteiger charge is 2.38. The van der Waals surface area contributed by atoms with E-state index < -0.39 is 17.6 Å². The summed E-state index contributed by atoms with van der Waals surface area (Å²) >= 11 is 6.06. The quantitative estimate of drug-likeness (QED) is 0.757. The Morgan fingerprint density at radius 1 is 1.11 bits per heavy atom. The molecular weight excluding hydrogens is 371 g/mol. The molecule has 3 rings (SSSR count). The Hall–Kier alpha value is -2.86. The van der Waals surface area contributed by atoms with E-state index in [1.165, 1.54) is 36.3 Å². The van der Waals surface area contributed by atoms with Crippen molar-refractivity contribution in [1.29, 1.82) is 0 Å². The highest BCUT2D eigenvalue weighted by molar-refractivity contribution is 6.36. The van der Waals surface area contributed by atoms with Crippen molar-refractivity contribution in [3.63, 3.8) is 0 Å². The zero-order valence-electron chi connectivity index (χ0n) is 14.9. The number of carbonyl (C=O) groups is 2. The van der Waals surface area contributed by atoms with Gasteiger partial charge in [-0.1, -0.05) is 30.7 Å². The lowest BCUT2D eigenvalue weighted by Gasteiger charge is -2.15. The molecule has 0 saturated carbocycles. The molecular formula is C20H18ClFN2O3. The Morgan fingerprint density at radius 3 is 2.44 bits per heavy atom. The van der Waals surface area contributed by atoms with E-state index in [0.717, 1.165) is 0 Å². The van der Waals surface area contributed by atoms with Gasteiger partial charge >= 0.3 is 0 Å². The molecule has 0 saturated heterocycles. The standard InChI is InChI=1S/C20H18ClFN2O3/c1-3-10-24-19(25)17(12-4-7-14(22)8-5-12)18(20(24)26)23-15-11-13(21)6-9-16(15)27-2/h4-9,11,23H,3,10H2,1-2H3. The van der Waals surface area contributed by atoms with Gasteiger partial charge in [0.15, 0.2) is 0 Å². The van der Waals surface area contributed by atoms with Crippen molar-refractivity contribution in [1.82, 2.24) is 4.90 Å². The number of carbonyl (C=O) groups excluding carboxylic acids is 2. The van der Waals surface area contributed by atoms with E-state index in [1.807, 2.05) is 6.92 Å². The van der Waals surface area contributed by atoms with E-state index in [2.05, 4.69) is 5.32 Å². The summed E-state index contributed by atoms with van der Waals surface area (Å²) in [5.41, 5.74) is 1.21. The first kappa shape index (κ1) is 18.9. The second-order valence-electron chi connectivity index (χ2n) is 5.99. The van der Waals surface area contributed by atoms with Crippen LogP contribution < -0.4 is 10.1 Å². The van der Waals surface area contributed by atoms with Crippen LogP contribution in [0.5, 0.6) is 5.75 Å². The summed E-state index contributed by atoms with van der Waals surface area (Å²) in [5, 5.41) is 3.45. The van der Waals surface area contributed by atoms with E-state index in [4.69, 9.17) is 16.3 Å². The number of nitrogens with one attached hydrogen (secondary N) is 1. The van der Waals surface area contributed by atoms with Gasteiger partial charge in [-0.05, 0) is 42.3 Å². The smallest absolute Gasteiger partial charge is 0.278 e. The third-order valence-electron chi connectivity index (χ3n) is 4.17. The fourth-order valence-corrected chi connectivity index (χ4v) is 3.09. The largest absolute Gasteiger partial charge is 0.495 e. The van der Waals surface area contributed by atoms with Crippen LogP contribution in [0, 0.1) is 5.82 Å². The van der Waals surface area contributed by atoms with Crippen molar-refractivity contribution in [3.8, 4) is 5.75 Å². The fourth-order valence-electron chi connectivity index (χ4n) is 2.92. The molecule has 1 N–H and O–H groups in total. The SMILES string of the molecule is CCCN1C(=O)C(Nc2cc(Cl)ccc2OC)=C(c2ccc(F)cc2)C1=O. The average Bonchev–Trinajstić information content (AvgIpc) is 2.88. The zero-order chi connectivity index (χ0) is 19.6. The zero-order valence-corrected chi connectivity index (χ0v) is 15.6. The summed E-state index contributed by atoms with van der Waals surface area (Å²) in [6.45, 7) is 2.17. The molecule has 0 atom stereocenters. The molecule has 0 unspecified atom stereocenters. The van der Waals surface area contributed by atoms with Gasteiger partial charge in [0.05, 0.1) is 18.4 Å². The fraction of sp³-hybridized carbons (Fsp3) is 0.200. The molecule has 2 amide bonds. The van der Waals surface area contributed by atoms with Gasteiger partial charge in [-0.3, -0.25) is 14.5 Å². The van der Waals surface area contributed by atoms with Gasteiger partial charge in [0.25, 0.3) is 11.8 Å². The molecule has 1 aliphatic rings. The summed E-state index contributed by atoms with van der Waals surface area (Å²) in [6.07, 6.45) is 0.627. The molecule has 1 aliphatic heterocycles. The molecule has 140 valence electrons. The molecule has 0 aliphatic carbocycles. The lowest BCUT2D eigenvalue weighted by Crippen LogP contribution is -2.33. The lowest BCUT2D eigenvalue weighted by atomic mass is 10.0. The number of nitrogens with zero attached hydrogens (tertiary/aromatic N) is 1. The van der Waals surface area contributed by atoms with E-state index in [-0.39, 0.29) is 11.3 Å². The Bertz CT molecular complexity index is 925. The van der Waals surface area contributed by atoms with Crippen molar-refractivity contribution >= 4 is 34.7 Å². The molecule has 0 fully saturated rings. The van der Waals surface area contributed by atoms with Crippen molar-refractivity contribution in [2.75, 3.05) is 19.0 Å². The molecule has 2 aromatic carbocycles. The highest BCUT2D eigenvalue weighted by atomic mass is 35.5. The van der Waals surface area contributed by atoms with Crippen molar-refractivity contribution in [2.24, 2.45) is 0 Å². The third-order valence-corrected chi connectivity index (χ3v) is 4.40. The number of hydrogen-bond acceptors (Lipinski definition) is 4. The number of benzene rings is 2. The summed E-state index contributed by atoms with van der Waals surface area (Å²) in [4.78, 5) is 26.9. The second kappa shape index (κ2) is 7.80. The van der Waals surface area contributed by atoms with Gasteiger partial charge < -0.3 is 10.1 Å². The van der Waals surface area contributed by atoms with Crippen LogP contribution in [-0.4, -0.2) is 30.4 Å². The number of imide groups is 1. The van der Waals surface area contributed by atoms with Crippen LogP contribution in [-0.2, 0) is 9.59 Å². The first-order chi connectivity index (χ1) is 13.0. The first-order valence-electron chi connectivity index (χ1n) is 8.43. The van der Waals surface area contributed by atoms with Crippen LogP contribution in [0.4, 0.5) is 10.1 Å². The highest BCUT2D eigenvalue weighted by Crippen LogP contribution is 2.34. The van der Waals surface area contributed by atoms with Crippen molar-refractivity contribution in [3.05, 3.63) is 64.6 Å². The maximum atomic E-state index is 13.3. The molecule has 2 aromatic rings. The van der Waals surface area contributed by atoms with Crippen LogP contribution in [0.2, 0.25) is 5.02 Å². The molecule has 0 bridgehead atoms. The van der Waals surface area contributed by atoms with Gasteiger partial charge in [-0.25, -0.2) is 4.39 Å². The number of halogens is 2. The maximum absolute atomic E-state index is 13.3. The molecule has 5 nitrogen and oxygen atoms in total. The monoisotopic (exact) mass is 388 g/mol. The Kier molecular flexibility index (Phi) is 5.46. The molecule has 7 heteroatoms. The van der Waals surface area contributed by atoms with Crippen LogP contribution in [0.15, 0.2) is 48.2 Å². The van der Waals surface area contributed by atoms with Gasteiger partial charge in [-0.15, -0.1) is 0 Å². The van der Waals surface area contributed by atoms with Crippen LogP contribution in [0.3, 0.4) is 0 Å². The van der Waals surface area contributed by atoms with Gasteiger partial charge in [0.1, 0.15) is 17.3 Å². The second-order valence-corrected chi connectivity index (χ2v) is 6.42. The van der Waals surface area contributed by atoms with Gasteiger partial charge in [-0.2, -0.15) is 0 Å². The van der Waals surface area contributed by atoms with Crippen molar-refractivity contribution < 1.29 is 18.7 Å². The number of methoxy groups -OCH3 is 1. The Balaban J connectivity index is 2.11. The predicted molar refractivity (Wildman–Crippen MR) is 102 cm³/mol. The number of ether oxygens (including phenoxy) is 1. The minimum atomic E-state index is -0.441. The third kappa shape index (κ3) is 3.66. The summed E-state index contributed by atoms with van der Waals surface area (Å²) in [7, 11) is 1.49. The van der Waals surface area contributed by atoms with E-state index in [1.54, 1.807) is 18.2 Å². The number of rotatable bonds is 6. The van der Waals surface area contributed by atoms with Crippen LogP contribution >= 0.6 is 11.6 Å². The molecule has 0 radical (unpaired) electrons. The molecule has 1 heterocycles. The summed E-state index contributed by atoms with van der Waals surface area (Å²) < 4.78 is 18.6.